The maximum Gasteiger partial charge on any atom is 0.304 e. The Hall–Kier alpha value is -1.55. The number of nitrogens with zero attached hydrogens (tertiary/aromatic N) is 1. The van der Waals surface area contributed by atoms with Crippen molar-refractivity contribution in [2.24, 2.45) is 0 Å². The molecule has 1 saturated carbocycles. The van der Waals surface area contributed by atoms with Crippen LogP contribution in [0.3, 0.4) is 0 Å². The molecule has 4 heteroatoms. The summed E-state index contributed by atoms with van der Waals surface area (Å²) in [5.74, 6) is -0.567. The molecule has 4 nitrogen and oxygen atoms in total. The van der Waals surface area contributed by atoms with E-state index < -0.39 is 5.97 Å². The predicted octanol–water partition coefficient (Wildman–Crippen LogP) is 2.00. The summed E-state index contributed by atoms with van der Waals surface area (Å²) in [5.41, 5.74) is 1.63. The topological polar surface area (TPSA) is 60.8 Å². The number of rotatable bonds is 6. The van der Waals surface area contributed by atoms with Crippen LogP contribution in [-0.4, -0.2) is 41.7 Å². The Morgan fingerprint density at radius 3 is 2.58 bits per heavy atom. The van der Waals surface area contributed by atoms with Gasteiger partial charge in [0.05, 0.1) is 6.42 Å². The van der Waals surface area contributed by atoms with E-state index in [1.165, 1.54) is 0 Å². The number of carboxylic acids is 1. The van der Waals surface area contributed by atoms with Gasteiger partial charge in [0.1, 0.15) is 5.75 Å². The third kappa shape index (κ3) is 3.26. The molecule has 2 N–H and O–H groups in total. The van der Waals surface area contributed by atoms with Crippen molar-refractivity contribution in [3.63, 3.8) is 0 Å². The van der Waals surface area contributed by atoms with E-state index in [9.17, 15) is 9.90 Å². The zero-order valence-electron chi connectivity index (χ0n) is 11.5. The number of carbonyl (C=O) groups is 1. The lowest BCUT2D eigenvalue weighted by molar-refractivity contribution is -0.137. The van der Waals surface area contributed by atoms with E-state index in [0.29, 0.717) is 0 Å². The summed E-state index contributed by atoms with van der Waals surface area (Å²) in [6.45, 7) is 0.941. The highest BCUT2D eigenvalue weighted by atomic mass is 16.4. The Bertz CT molecular complexity index is 478. The summed E-state index contributed by atoms with van der Waals surface area (Å²) in [5, 5.41) is 19.0. The average Bonchev–Trinajstić information content (AvgIpc) is 3.07. The van der Waals surface area contributed by atoms with E-state index in [4.69, 9.17) is 5.11 Å². The van der Waals surface area contributed by atoms with E-state index in [-0.39, 0.29) is 17.6 Å². The number of hydrogen-bond donors (Lipinski definition) is 2. The molecule has 0 aliphatic heterocycles. The van der Waals surface area contributed by atoms with Gasteiger partial charge >= 0.3 is 5.97 Å². The summed E-state index contributed by atoms with van der Waals surface area (Å²) < 4.78 is 0. The molecule has 19 heavy (non-hydrogen) atoms. The molecule has 0 aromatic heterocycles. The molecule has 0 heterocycles. The maximum absolute atomic E-state index is 11.0. The Kier molecular flexibility index (Phi) is 3.80. The highest BCUT2D eigenvalue weighted by Gasteiger charge is 2.47. The molecule has 1 aliphatic rings. The first-order valence-corrected chi connectivity index (χ1v) is 6.62. The fourth-order valence-corrected chi connectivity index (χ4v) is 2.50. The van der Waals surface area contributed by atoms with Gasteiger partial charge in [-0.25, -0.2) is 0 Å². The monoisotopic (exact) mass is 263 g/mol. The van der Waals surface area contributed by atoms with Crippen LogP contribution in [0.5, 0.6) is 5.75 Å². The number of aliphatic carboxylic acids is 1. The van der Waals surface area contributed by atoms with Crippen molar-refractivity contribution in [1.29, 1.82) is 0 Å². The highest BCUT2D eigenvalue weighted by Crippen LogP contribution is 2.53. The van der Waals surface area contributed by atoms with Gasteiger partial charge in [0.15, 0.2) is 0 Å². The molecule has 1 aromatic rings. The Balaban J connectivity index is 2.20. The van der Waals surface area contributed by atoms with Crippen LogP contribution >= 0.6 is 0 Å². The van der Waals surface area contributed by atoms with Gasteiger partial charge in [0.25, 0.3) is 0 Å². The predicted molar refractivity (Wildman–Crippen MR) is 73.5 cm³/mol. The summed E-state index contributed by atoms with van der Waals surface area (Å²) in [7, 11) is 4.04. The molecule has 0 atom stereocenters. The third-order valence-electron chi connectivity index (χ3n) is 3.82. The summed E-state index contributed by atoms with van der Waals surface area (Å²) in [6, 6.07) is 5.59. The van der Waals surface area contributed by atoms with Crippen LogP contribution < -0.4 is 0 Å². The molecule has 1 fully saturated rings. The van der Waals surface area contributed by atoms with Crippen LogP contribution in [0.4, 0.5) is 0 Å². The number of hydrogen-bond acceptors (Lipinski definition) is 3. The molecule has 0 bridgehead atoms. The second kappa shape index (κ2) is 5.21. The minimum absolute atomic E-state index is 0.109. The van der Waals surface area contributed by atoms with Crippen LogP contribution in [0.15, 0.2) is 18.2 Å². The molecule has 2 rings (SSSR count). The second-order valence-electron chi connectivity index (χ2n) is 5.76. The van der Waals surface area contributed by atoms with E-state index in [2.05, 4.69) is 4.90 Å². The van der Waals surface area contributed by atoms with Crippen LogP contribution in [0.2, 0.25) is 0 Å². The van der Waals surface area contributed by atoms with Crippen molar-refractivity contribution in [2.45, 2.75) is 31.1 Å². The van der Waals surface area contributed by atoms with Gasteiger partial charge in [-0.05, 0) is 45.0 Å². The smallest absolute Gasteiger partial charge is 0.304 e. The molecule has 1 aromatic carbocycles. The van der Waals surface area contributed by atoms with Crippen molar-refractivity contribution in [3.8, 4) is 5.75 Å². The number of phenolic OH excluding ortho intramolecular Hbond substituents is 1. The fourth-order valence-electron chi connectivity index (χ4n) is 2.50. The molecular formula is C15H21NO3. The minimum Gasteiger partial charge on any atom is -0.508 e. The molecule has 0 unspecified atom stereocenters. The van der Waals surface area contributed by atoms with Crippen molar-refractivity contribution in [3.05, 3.63) is 29.3 Å². The minimum atomic E-state index is -0.796. The van der Waals surface area contributed by atoms with E-state index in [1.807, 2.05) is 26.2 Å². The zero-order chi connectivity index (χ0) is 14.0. The molecule has 1 aliphatic carbocycles. The molecule has 0 spiro atoms. The van der Waals surface area contributed by atoms with Crippen molar-refractivity contribution >= 4 is 5.97 Å². The first-order valence-electron chi connectivity index (χ1n) is 6.62. The number of aromatic hydroxyl groups is 1. The molecule has 0 radical (unpaired) electrons. The summed E-state index contributed by atoms with van der Waals surface area (Å²) in [6.07, 6.45) is 2.72. The quantitative estimate of drug-likeness (QED) is 0.824. The van der Waals surface area contributed by atoms with Gasteiger partial charge in [-0.15, -0.1) is 0 Å². The standard InChI is InChI=1S/C15H21NO3/c1-16(2)8-5-11-3-4-13(17)12(9-11)15(6-7-15)10-14(18)19/h3-4,9,17H,5-8,10H2,1-2H3,(H,18,19). The summed E-state index contributed by atoms with van der Waals surface area (Å²) >= 11 is 0. The molecule has 0 saturated heterocycles. The molecule has 0 amide bonds. The lowest BCUT2D eigenvalue weighted by Gasteiger charge is -2.17. The Morgan fingerprint density at radius 2 is 2.05 bits per heavy atom. The number of benzene rings is 1. The summed E-state index contributed by atoms with van der Waals surface area (Å²) in [4.78, 5) is 13.1. The number of phenols is 1. The average molecular weight is 263 g/mol. The van der Waals surface area contributed by atoms with Gasteiger partial charge in [0.2, 0.25) is 0 Å². The van der Waals surface area contributed by atoms with Crippen molar-refractivity contribution < 1.29 is 15.0 Å². The SMILES string of the molecule is CN(C)CCc1ccc(O)c(C2(CC(=O)O)CC2)c1. The first-order chi connectivity index (χ1) is 8.93. The fraction of sp³-hybridized carbons (Fsp3) is 0.533. The van der Waals surface area contributed by atoms with E-state index >= 15 is 0 Å². The largest absolute Gasteiger partial charge is 0.508 e. The van der Waals surface area contributed by atoms with E-state index in [0.717, 1.165) is 36.9 Å². The van der Waals surface area contributed by atoms with Crippen LogP contribution in [-0.2, 0) is 16.6 Å². The van der Waals surface area contributed by atoms with Crippen LogP contribution in [0, 0.1) is 0 Å². The normalized spacial score (nSPS) is 16.6. The molecule has 104 valence electrons. The maximum atomic E-state index is 11.0. The third-order valence-corrected chi connectivity index (χ3v) is 3.82. The second-order valence-corrected chi connectivity index (χ2v) is 5.76. The van der Waals surface area contributed by atoms with Crippen LogP contribution in [0.1, 0.15) is 30.4 Å². The number of carboxylic acid groups (broad SMARTS) is 1. The van der Waals surface area contributed by atoms with Gasteiger partial charge in [0, 0.05) is 17.5 Å². The highest BCUT2D eigenvalue weighted by molar-refractivity contribution is 5.70. The van der Waals surface area contributed by atoms with Crippen LogP contribution in [0.25, 0.3) is 0 Å². The Morgan fingerprint density at radius 1 is 1.37 bits per heavy atom. The van der Waals surface area contributed by atoms with E-state index in [1.54, 1.807) is 6.07 Å². The van der Waals surface area contributed by atoms with Gasteiger partial charge in [-0.2, -0.15) is 0 Å². The first kappa shape index (κ1) is 13.9. The lowest BCUT2D eigenvalue weighted by Crippen LogP contribution is -2.16. The number of likely N-dealkylation sites (N-methyl/N-ethyl adjacent to an activating group) is 1. The Labute approximate surface area is 113 Å². The van der Waals surface area contributed by atoms with Gasteiger partial charge < -0.3 is 15.1 Å². The van der Waals surface area contributed by atoms with Crippen molar-refractivity contribution in [1.82, 2.24) is 4.90 Å². The van der Waals surface area contributed by atoms with Gasteiger partial charge in [-0.3, -0.25) is 4.79 Å². The zero-order valence-corrected chi connectivity index (χ0v) is 11.5. The van der Waals surface area contributed by atoms with Crippen molar-refractivity contribution in [2.75, 3.05) is 20.6 Å². The lowest BCUT2D eigenvalue weighted by atomic mass is 9.90. The van der Waals surface area contributed by atoms with Gasteiger partial charge in [-0.1, -0.05) is 12.1 Å². The molecular weight excluding hydrogens is 242 g/mol.